The van der Waals surface area contributed by atoms with Crippen LogP contribution < -0.4 is 10.6 Å². The third-order valence-corrected chi connectivity index (χ3v) is 5.79. The number of nitrogens with zero attached hydrogens (tertiary/aromatic N) is 2. The summed E-state index contributed by atoms with van der Waals surface area (Å²) >= 11 is 0. The zero-order chi connectivity index (χ0) is 19.9. The quantitative estimate of drug-likeness (QED) is 0.234. The second kappa shape index (κ2) is 11.8. The fourth-order valence-electron chi connectivity index (χ4n) is 4.36. The van der Waals surface area contributed by atoms with Crippen molar-refractivity contribution < 1.29 is 5.11 Å². The lowest BCUT2D eigenvalue weighted by molar-refractivity contribution is 0.221. The van der Waals surface area contributed by atoms with Crippen LogP contribution in [0.5, 0.6) is 5.75 Å². The first kappa shape index (κ1) is 24.0. The molecule has 0 bridgehead atoms. The van der Waals surface area contributed by atoms with E-state index in [0.717, 1.165) is 63.4 Å². The first-order valence-corrected chi connectivity index (χ1v) is 10.8. The normalized spacial score (nSPS) is 17.9. The van der Waals surface area contributed by atoms with Crippen LogP contribution >= 0.6 is 24.0 Å². The Balaban J connectivity index is 0.00000300. The van der Waals surface area contributed by atoms with Gasteiger partial charge in [0.2, 0.25) is 0 Å². The second-order valence-corrected chi connectivity index (χ2v) is 8.26. The number of nitrogens with one attached hydrogen (secondary N) is 2. The van der Waals surface area contributed by atoms with Crippen LogP contribution in [0.1, 0.15) is 56.2 Å². The molecule has 0 radical (unpaired) electrons. The Hall–Kier alpha value is -1.28. The van der Waals surface area contributed by atoms with Crippen LogP contribution in [0.25, 0.3) is 0 Å². The minimum absolute atomic E-state index is 0. The highest BCUT2D eigenvalue weighted by Gasteiger charge is 2.20. The van der Waals surface area contributed by atoms with Crippen molar-refractivity contribution in [3.05, 3.63) is 41.0 Å². The van der Waals surface area contributed by atoms with Crippen molar-refractivity contribution in [3.8, 4) is 5.75 Å². The number of rotatable bonds is 6. The van der Waals surface area contributed by atoms with E-state index < -0.39 is 0 Å². The van der Waals surface area contributed by atoms with Gasteiger partial charge in [-0.15, -0.1) is 24.0 Å². The van der Waals surface area contributed by atoms with Crippen LogP contribution in [0.15, 0.2) is 29.3 Å². The molecule has 162 valence electrons. The molecule has 3 N–H and O–H groups in total. The zero-order valence-corrected chi connectivity index (χ0v) is 20.3. The van der Waals surface area contributed by atoms with Gasteiger partial charge >= 0.3 is 0 Å². The van der Waals surface area contributed by atoms with Gasteiger partial charge < -0.3 is 15.7 Å². The van der Waals surface area contributed by atoms with Crippen molar-refractivity contribution in [1.82, 2.24) is 15.5 Å². The maximum atomic E-state index is 10.4. The molecule has 1 saturated heterocycles. The number of fused-ring (bicyclic) bond motifs is 1. The van der Waals surface area contributed by atoms with E-state index in [1.165, 1.54) is 29.5 Å². The first-order chi connectivity index (χ1) is 13.6. The lowest BCUT2D eigenvalue weighted by Crippen LogP contribution is -2.48. The zero-order valence-electron chi connectivity index (χ0n) is 18.0. The van der Waals surface area contributed by atoms with Gasteiger partial charge in [0.1, 0.15) is 5.75 Å². The van der Waals surface area contributed by atoms with Gasteiger partial charge in [-0.3, -0.25) is 4.90 Å². The van der Waals surface area contributed by atoms with E-state index in [4.69, 9.17) is 4.99 Å². The first-order valence-electron chi connectivity index (χ1n) is 10.8. The topological polar surface area (TPSA) is 59.9 Å². The number of aromatic hydroxyl groups is 1. The van der Waals surface area contributed by atoms with Gasteiger partial charge in [-0.25, -0.2) is 4.99 Å². The van der Waals surface area contributed by atoms with Crippen LogP contribution in [0.2, 0.25) is 0 Å². The Labute approximate surface area is 193 Å². The molecule has 0 saturated carbocycles. The minimum atomic E-state index is 0. The van der Waals surface area contributed by atoms with Crippen LogP contribution in [-0.2, 0) is 19.4 Å². The lowest BCUT2D eigenvalue weighted by atomic mass is 9.88. The van der Waals surface area contributed by atoms with Gasteiger partial charge in [0.05, 0.1) is 6.54 Å². The summed E-state index contributed by atoms with van der Waals surface area (Å²) in [6, 6.07) is 4.36. The van der Waals surface area contributed by atoms with Crippen molar-refractivity contribution in [2.24, 2.45) is 4.99 Å². The summed E-state index contributed by atoms with van der Waals surface area (Å²) in [5.74, 6) is 1.24. The minimum Gasteiger partial charge on any atom is -0.508 e. The van der Waals surface area contributed by atoms with Gasteiger partial charge in [-0.2, -0.15) is 0 Å². The average molecular weight is 512 g/mol. The number of likely N-dealkylation sites (tertiary alicyclic amines) is 1. The summed E-state index contributed by atoms with van der Waals surface area (Å²) in [5, 5.41) is 17.4. The molecular weight excluding hydrogens is 475 g/mol. The molecule has 0 aromatic heterocycles. The van der Waals surface area contributed by atoms with Crippen LogP contribution in [0, 0.1) is 0 Å². The van der Waals surface area contributed by atoms with Gasteiger partial charge in [0.25, 0.3) is 0 Å². The van der Waals surface area contributed by atoms with E-state index >= 15 is 0 Å². The fourth-order valence-corrected chi connectivity index (χ4v) is 4.36. The monoisotopic (exact) mass is 512 g/mol. The smallest absolute Gasteiger partial charge is 0.191 e. The largest absolute Gasteiger partial charge is 0.508 e. The Bertz CT molecular complexity index is 711. The number of aryl methyl sites for hydroxylation is 1. The summed E-state index contributed by atoms with van der Waals surface area (Å²) in [4.78, 5) is 7.29. The van der Waals surface area contributed by atoms with E-state index in [0.29, 0.717) is 18.3 Å². The van der Waals surface area contributed by atoms with Crippen molar-refractivity contribution in [3.63, 3.8) is 0 Å². The number of aliphatic imine (C=N–C) groups is 1. The summed E-state index contributed by atoms with van der Waals surface area (Å²) in [7, 11) is 0. The SMILES string of the molecule is C=C(C)CN1CCC(NC(=NCc2c(O)ccc3c2CCCC3)NCC)CC1.I. The second-order valence-electron chi connectivity index (χ2n) is 8.26. The molecule has 0 amide bonds. The Kier molecular flexibility index (Phi) is 9.75. The molecule has 1 aliphatic heterocycles. The average Bonchev–Trinajstić information content (AvgIpc) is 2.68. The molecule has 0 atom stereocenters. The van der Waals surface area contributed by atoms with Gasteiger partial charge in [0, 0.05) is 37.8 Å². The van der Waals surface area contributed by atoms with E-state index in [1.54, 1.807) is 0 Å². The number of benzene rings is 1. The van der Waals surface area contributed by atoms with Gasteiger partial charge in [-0.1, -0.05) is 18.2 Å². The summed E-state index contributed by atoms with van der Waals surface area (Å²) in [6.07, 6.45) is 6.85. The number of piperidine rings is 1. The van der Waals surface area contributed by atoms with Gasteiger partial charge in [-0.05, 0) is 69.6 Å². The van der Waals surface area contributed by atoms with E-state index in [9.17, 15) is 5.11 Å². The molecule has 2 aliphatic rings. The molecule has 1 aromatic carbocycles. The van der Waals surface area contributed by atoms with E-state index in [2.05, 4.69) is 42.0 Å². The number of phenolic OH excluding ortho intramolecular Hbond substituents is 1. The Morgan fingerprint density at radius 1 is 1.24 bits per heavy atom. The number of halogens is 1. The molecule has 3 rings (SSSR count). The molecule has 6 heteroatoms. The third kappa shape index (κ3) is 6.88. The number of hydrogen-bond donors (Lipinski definition) is 3. The molecular formula is C23H37IN4O. The number of guanidine groups is 1. The van der Waals surface area contributed by atoms with Crippen LogP contribution in [0.3, 0.4) is 0 Å². The molecule has 0 spiro atoms. The molecule has 1 aromatic rings. The highest BCUT2D eigenvalue weighted by molar-refractivity contribution is 14.0. The Morgan fingerprint density at radius 2 is 1.97 bits per heavy atom. The maximum absolute atomic E-state index is 10.4. The third-order valence-electron chi connectivity index (χ3n) is 5.79. The van der Waals surface area contributed by atoms with Crippen molar-refractivity contribution in [1.29, 1.82) is 0 Å². The number of hydrogen-bond acceptors (Lipinski definition) is 3. The summed E-state index contributed by atoms with van der Waals surface area (Å²) < 4.78 is 0. The summed E-state index contributed by atoms with van der Waals surface area (Å²) in [6.45, 7) is 12.8. The standard InChI is InChI=1S/C23H36N4O.HI/c1-4-24-23(26-19-11-13-27(14-12-19)16-17(2)3)25-15-21-20-8-6-5-7-18(20)9-10-22(21)28;/h9-10,19,28H,2,4-8,11-16H2,1,3H3,(H2,24,25,26);1H. The molecule has 5 nitrogen and oxygen atoms in total. The van der Waals surface area contributed by atoms with Gasteiger partial charge in [0.15, 0.2) is 5.96 Å². The Morgan fingerprint density at radius 3 is 2.66 bits per heavy atom. The van der Waals surface area contributed by atoms with Crippen LogP contribution in [-0.4, -0.2) is 48.2 Å². The van der Waals surface area contributed by atoms with Crippen molar-refractivity contribution in [2.45, 2.75) is 65.0 Å². The fraction of sp³-hybridized carbons (Fsp3) is 0.609. The van der Waals surface area contributed by atoms with E-state index in [-0.39, 0.29) is 24.0 Å². The van der Waals surface area contributed by atoms with Crippen molar-refractivity contribution >= 4 is 29.9 Å². The van der Waals surface area contributed by atoms with Crippen molar-refractivity contribution in [2.75, 3.05) is 26.2 Å². The number of phenols is 1. The molecule has 29 heavy (non-hydrogen) atoms. The molecule has 1 heterocycles. The predicted molar refractivity (Wildman–Crippen MR) is 132 cm³/mol. The summed E-state index contributed by atoms with van der Waals surface area (Å²) in [5.41, 5.74) is 4.94. The molecule has 0 unspecified atom stereocenters. The maximum Gasteiger partial charge on any atom is 0.191 e. The highest BCUT2D eigenvalue weighted by atomic mass is 127. The molecule has 1 aliphatic carbocycles. The molecule has 1 fully saturated rings. The predicted octanol–water partition coefficient (Wildman–Crippen LogP) is 3.98. The highest BCUT2D eigenvalue weighted by Crippen LogP contribution is 2.31. The van der Waals surface area contributed by atoms with E-state index in [1.807, 2.05) is 6.07 Å². The van der Waals surface area contributed by atoms with Crippen LogP contribution in [0.4, 0.5) is 0 Å². The lowest BCUT2D eigenvalue weighted by Gasteiger charge is -2.33.